The summed E-state index contributed by atoms with van der Waals surface area (Å²) in [6.07, 6.45) is 7.41. The van der Waals surface area contributed by atoms with Gasteiger partial charge in [0.15, 0.2) is 0 Å². The Hall–Kier alpha value is -1.63. The second-order valence-electron chi connectivity index (χ2n) is 7.02. The molecule has 0 saturated carbocycles. The van der Waals surface area contributed by atoms with Gasteiger partial charge >= 0.3 is 0 Å². The van der Waals surface area contributed by atoms with Crippen LogP contribution in [0.15, 0.2) is 35.0 Å². The van der Waals surface area contributed by atoms with Crippen LogP contribution in [0.2, 0.25) is 0 Å². The largest absolute Gasteiger partial charge is 0.465 e. The summed E-state index contributed by atoms with van der Waals surface area (Å²) in [6, 6.07) is 6.50. The summed E-state index contributed by atoms with van der Waals surface area (Å²) >= 11 is 0. The predicted octanol–water partition coefficient (Wildman–Crippen LogP) is 2.62. The summed E-state index contributed by atoms with van der Waals surface area (Å²) in [4.78, 5) is 2.47. The molecule has 2 aromatic heterocycles. The van der Waals surface area contributed by atoms with Crippen molar-refractivity contribution < 1.29 is 13.9 Å². The molecule has 2 fully saturated rings. The minimum atomic E-state index is 0.152. The van der Waals surface area contributed by atoms with Crippen molar-refractivity contribution in [3.63, 3.8) is 0 Å². The lowest BCUT2D eigenvalue weighted by atomic mass is 10.0. The summed E-state index contributed by atoms with van der Waals surface area (Å²) < 4.78 is 20.0. The van der Waals surface area contributed by atoms with E-state index in [0.29, 0.717) is 6.04 Å². The number of aromatic nitrogens is 2. The highest BCUT2D eigenvalue weighted by Crippen LogP contribution is 2.32. The molecule has 0 amide bonds. The highest BCUT2D eigenvalue weighted by atomic mass is 16.5. The quantitative estimate of drug-likeness (QED) is 0.722. The molecule has 4 heterocycles. The van der Waals surface area contributed by atoms with E-state index in [1.54, 1.807) is 0 Å². The zero-order chi connectivity index (χ0) is 17.1. The first-order valence-electron chi connectivity index (χ1n) is 9.29. The maximum absolute atomic E-state index is 6.21. The Bertz CT molecular complexity index is 655. The molecule has 136 valence electrons. The zero-order valence-electron chi connectivity index (χ0n) is 14.8. The van der Waals surface area contributed by atoms with Gasteiger partial charge in [0.25, 0.3) is 0 Å². The topological polar surface area (TPSA) is 52.7 Å². The molecule has 2 aliphatic heterocycles. The van der Waals surface area contributed by atoms with Crippen molar-refractivity contribution in [2.24, 2.45) is 0 Å². The second-order valence-corrected chi connectivity index (χ2v) is 7.02. The molecule has 0 radical (unpaired) electrons. The van der Waals surface area contributed by atoms with Gasteiger partial charge in [-0.05, 0) is 44.4 Å². The second kappa shape index (κ2) is 7.72. The van der Waals surface area contributed by atoms with Crippen molar-refractivity contribution in [3.8, 4) is 0 Å². The van der Waals surface area contributed by atoms with Gasteiger partial charge in [0.2, 0.25) is 0 Å². The molecule has 4 rings (SSSR count). The third kappa shape index (κ3) is 3.97. The minimum Gasteiger partial charge on any atom is -0.465 e. The Morgan fingerprint density at radius 3 is 3.12 bits per heavy atom. The van der Waals surface area contributed by atoms with Crippen molar-refractivity contribution >= 4 is 0 Å². The van der Waals surface area contributed by atoms with E-state index < -0.39 is 0 Å². The fourth-order valence-corrected chi connectivity index (χ4v) is 4.00. The highest BCUT2D eigenvalue weighted by molar-refractivity contribution is 5.07. The van der Waals surface area contributed by atoms with E-state index in [9.17, 15) is 0 Å². The molecule has 0 aliphatic carbocycles. The lowest BCUT2D eigenvalue weighted by Gasteiger charge is -2.32. The Labute approximate surface area is 148 Å². The number of rotatable bonds is 7. The molecule has 0 N–H and O–H groups in total. The van der Waals surface area contributed by atoms with Crippen molar-refractivity contribution in [3.05, 3.63) is 42.1 Å². The third-order valence-corrected chi connectivity index (χ3v) is 5.16. The van der Waals surface area contributed by atoms with Crippen LogP contribution in [0.3, 0.4) is 0 Å². The fourth-order valence-electron chi connectivity index (χ4n) is 4.00. The standard InChI is InChI=1S/C19H27N3O3/c1-15-6-7-16(25-15)13-21-14-18(19-17(21)5-2-11-24-19)23-12-4-10-22-9-3-8-20-22/h3,6-9,17-19H,2,4-5,10-14H2,1H3/t17-,18-,19+/m1/s1. The van der Waals surface area contributed by atoms with Crippen LogP contribution in [0.5, 0.6) is 0 Å². The number of aryl methyl sites for hydroxylation is 2. The summed E-state index contributed by atoms with van der Waals surface area (Å²) in [6.45, 7) is 6.23. The number of nitrogens with zero attached hydrogens (tertiary/aromatic N) is 3. The molecule has 2 aliphatic rings. The molecule has 0 spiro atoms. The first-order chi connectivity index (χ1) is 12.3. The summed E-state index contributed by atoms with van der Waals surface area (Å²) in [7, 11) is 0. The third-order valence-electron chi connectivity index (χ3n) is 5.16. The maximum atomic E-state index is 6.21. The average molecular weight is 345 g/mol. The van der Waals surface area contributed by atoms with Crippen molar-refractivity contribution in [1.82, 2.24) is 14.7 Å². The number of fused-ring (bicyclic) bond motifs is 1. The fraction of sp³-hybridized carbons (Fsp3) is 0.632. The van der Waals surface area contributed by atoms with E-state index in [4.69, 9.17) is 13.9 Å². The first-order valence-corrected chi connectivity index (χ1v) is 9.29. The smallest absolute Gasteiger partial charge is 0.118 e. The SMILES string of the molecule is Cc1ccc(CN2C[C@@H](OCCCn3cccn3)[C@H]3OCCC[C@H]32)o1. The van der Waals surface area contributed by atoms with E-state index in [-0.39, 0.29) is 12.2 Å². The number of furan rings is 1. The number of hydrogen-bond acceptors (Lipinski definition) is 5. The van der Waals surface area contributed by atoms with Gasteiger partial charge in [-0.1, -0.05) is 0 Å². The Morgan fingerprint density at radius 1 is 1.36 bits per heavy atom. The van der Waals surface area contributed by atoms with Gasteiger partial charge in [-0.2, -0.15) is 5.10 Å². The van der Waals surface area contributed by atoms with Gasteiger partial charge in [0.05, 0.1) is 12.6 Å². The van der Waals surface area contributed by atoms with Crippen LogP contribution in [0.25, 0.3) is 0 Å². The first kappa shape index (κ1) is 16.8. The normalized spacial score (nSPS) is 26.8. The van der Waals surface area contributed by atoms with E-state index in [0.717, 1.165) is 57.2 Å². The maximum Gasteiger partial charge on any atom is 0.118 e. The molecule has 0 unspecified atom stereocenters. The van der Waals surface area contributed by atoms with Crippen molar-refractivity contribution in [1.29, 1.82) is 0 Å². The van der Waals surface area contributed by atoms with Gasteiger partial charge in [-0.3, -0.25) is 9.58 Å². The predicted molar refractivity (Wildman–Crippen MR) is 93.2 cm³/mol. The molecule has 6 nitrogen and oxygen atoms in total. The van der Waals surface area contributed by atoms with Crippen molar-refractivity contribution in [2.75, 3.05) is 19.8 Å². The van der Waals surface area contributed by atoms with Crippen LogP contribution in [-0.2, 0) is 22.6 Å². The van der Waals surface area contributed by atoms with Crippen LogP contribution in [0, 0.1) is 6.92 Å². The Kier molecular flexibility index (Phi) is 5.20. The molecule has 25 heavy (non-hydrogen) atoms. The molecule has 2 aromatic rings. The molecule has 6 heteroatoms. The highest BCUT2D eigenvalue weighted by Gasteiger charge is 2.44. The van der Waals surface area contributed by atoms with Crippen LogP contribution >= 0.6 is 0 Å². The van der Waals surface area contributed by atoms with E-state index in [2.05, 4.69) is 16.1 Å². The van der Waals surface area contributed by atoms with E-state index >= 15 is 0 Å². The van der Waals surface area contributed by atoms with Gasteiger partial charge < -0.3 is 13.9 Å². The molecule has 0 bridgehead atoms. The molecule has 2 saturated heterocycles. The summed E-state index contributed by atoms with van der Waals surface area (Å²) in [5, 5.41) is 4.23. The van der Waals surface area contributed by atoms with Gasteiger partial charge in [0, 0.05) is 44.7 Å². The minimum absolute atomic E-state index is 0.152. The Morgan fingerprint density at radius 2 is 2.32 bits per heavy atom. The molecule has 0 aromatic carbocycles. The van der Waals surface area contributed by atoms with Crippen LogP contribution in [0.4, 0.5) is 0 Å². The summed E-state index contributed by atoms with van der Waals surface area (Å²) in [5.41, 5.74) is 0. The van der Waals surface area contributed by atoms with E-state index in [1.165, 1.54) is 6.42 Å². The van der Waals surface area contributed by atoms with Crippen molar-refractivity contribution in [2.45, 2.75) is 57.5 Å². The number of ether oxygens (including phenoxy) is 2. The zero-order valence-corrected chi connectivity index (χ0v) is 14.8. The summed E-state index contributed by atoms with van der Waals surface area (Å²) in [5.74, 6) is 2.00. The number of likely N-dealkylation sites (tertiary alicyclic amines) is 1. The monoisotopic (exact) mass is 345 g/mol. The lowest BCUT2D eigenvalue weighted by molar-refractivity contribution is -0.0781. The van der Waals surface area contributed by atoms with Gasteiger partial charge in [-0.15, -0.1) is 0 Å². The number of hydrogen-bond donors (Lipinski definition) is 0. The van der Waals surface area contributed by atoms with Crippen LogP contribution < -0.4 is 0 Å². The van der Waals surface area contributed by atoms with Crippen LogP contribution in [0.1, 0.15) is 30.8 Å². The van der Waals surface area contributed by atoms with Crippen LogP contribution in [-0.4, -0.2) is 52.7 Å². The molecular weight excluding hydrogens is 318 g/mol. The van der Waals surface area contributed by atoms with Gasteiger partial charge in [-0.25, -0.2) is 0 Å². The Balaban J connectivity index is 1.31. The van der Waals surface area contributed by atoms with E-state index in [1.807, 2.05) is 36.1 Å². The molecule has 3 atom stereocenters. The lowest BCUT2D eigenvalue weighted by Crippen LogP contribution is -2.41. The average Bonchev–Trinajstić information content (AvgIpc) is 3.34. The van der Waals surface area contributed by atoms with Gasteiger partial charge in [0.1, 0.15) is 17.6 Å². The molecular formula is C19H27N3O3.